The van der Waals surface area contributed by atoms with Crippen LogP contribution in [0, 0.1) is 0 Å². The first-order valence-corrected chi connectivity index (χ1v) is 20.7. The average Bonchev–Trinajstić information content (AvgIpc) is 3.85. The van der Waals surface area contributed by atoms with Gasteiger partial charge in [0.1, 0.15) is 0 Å². The molecule has 1 atom stereocenters. The van der Waals surface area contributed by atoms with Crippen molar-refractivity contribution in [2.24, 2.45) is 0 Å². The summed E-state index contributed by atoms with van der Waals surface area (Å²) in [6.07, 6.45) is 0. The third-order valence-electron chi connectivity index (χ3n) is 12.3. The maximum atomic E-state index is 6.73. The van der Waals surface area contributed by atoms with Gasteiger partial charge >= 0.3 is 0 Å². The minimum absolute atomic E-state index is 0.0604. The Kier molecular flexibility index (Phi) is 8.00. The van der Waals surface area contributed by atoms with Crippen molar-refractivity contribution in [1.29, 1.82) is 0 Å². The Labute approximate surface area is 353 Å². The molecule has 286 valence electrons. The number of benzene rings is 9. The van der Waals surface area contributed by atoms with Crippen molar-refractivity contribution in [2.45, 2.75) is 5.92 Å². The molecule has 0 saturated carbocycles. The zero-order valence-corrected chi connectivity index (χ0v) is 33.1. The zero-order valence-electron chi connectivity index (χ0n) is 33.1. The molecule has 1 aliphatic carbocycles. The molecule has 2 N–H and O–H groups in total. The van der Waals surface area contributed by atoms with Gasteiger partial charge in [0.2, 0.25) is 0 Å². The van der Waals surface area contributed by atoms with Gasteiger partial charge in [-0.15, -0.1) is 0 Å². The fourth-order valence-electron chi connectivity index (χ4n) is 9.57. The summed E-state index contributed by atoms with van der Waals surface area (Å²) in [5.74, 6) is 1.79. The second-order valence-electron chi connectivity index (χ2n) is 15.8. The highest BCUT2D eigenvalue weighted by Crippen LogP contribution is 2.53. The van der Waals surface area contributed by atoms with E-state index in [0.717, 1.165) is 44.5 Å². The molecule has 0 fully saturated rings. The Morgan fingerprint density at radius 2 is 1.02 bits per heavy atom. The number of nitrogens with zero attached hydrogens (tertiary/aromatic N) is 4. The number of para-hydroxylation sites is 1. The molecule has 11 aromatic rings. The first kappa shape index (κ1) is 34.9. The van der Waals surface area contributed by atoms with E-state index in [1.54, 1.807) is 0 Å². The van der Waals surface area contributed by atoms with Crippen LogP contribution in [0.5, 0.6) is 0 Å². The summed E-state index contributed by atoms with van der Waals surface area (Å²) in [7, 11) is 0. The second kappa shape index (κ2) is 14.0. The molecule has 2 heterocycles. The van der Waals surface area contributed by atoms with Crippen molar-refractivity contribution in [3.05, 3.63) is 223 Å². The molecule has 0 saturated heterocycles. The lowest BCUT2D eigenvalue weighted by molar-refractivity contribution is 1.03. The van der Waals surface area contributed by atoms with Crippen molar-refractivity contribution in [1.82, 2.24) is 19.5 Å². The van der Waals surface area contributed by atoms with E-state index in [1.165, 1.54) is 49.4 Å². The highest BCUT2D eigenvalue weighted by atomic mass is 15.1. The number of nitrogen functional groups attached to an aromatic ring is 1. The molecule has 61 heavy (non-hydrogen) atoms. The van der Waals surface area contributed by atoms with E-state index in [4.69, 9.17) is 20.7 Å². The quantitative estimate of drug-likeness (QED) is 0.171. The van der Waals surface area contributed by atoms with Gasteiger partial charge in [-0.25, -0.2) is 15.0 Å². The van der Waals surface area contributed by atoms with Crippen LogP contribution in [0.15, 0.2) is 206 Å². The monoisotopic (exact) mass is 779 g/mol. The van der Waals surface area contributed by atoms with E-state index in [0.29, 0.717) is 23.2 Å². The number of nitrogens with two attached hydrogens (primary N) is 1. The second-order valence-corrected chi connectivity index (χ2v) is 15.8. The SMILES string of the molecule is Nc1ccc(-n2c3ccccc3c3ccc4c(c32)-c2ccccc2[C@H]4c2cccc3ccccc23)c(-c2nc(-c3ccccc3)nc(-c3cccc(-c4ccccc4)c3)n2)c1. The van der Waals surface area contributed by atoms with Crippen LogP contribution in [0.2, 0.25) is 0 Å². The van der Waals surface area contributed by atoms with E-state index in [-0.39, 0.29) is 5.92 Å². The van der Waals surface area contributed by atoms with E-state index >= 15 is 0 Å². The van der Waals surface area contributed by atoms with Crippen LogP contribution in [-0.4, -0.2) is 19.5 Å². The predicted octanol–water partition coefficient (Wildman–Crippen LogP) is 13.5. The minimum Gasteiger partial charge on any atom is -0.399 e. The van der Waals surface area contributed by atoms with E-state index in [1.807, 2.05) is 48.5 Å². The average molecular weight is 780 g/mol. The maximum absolute atomic E-state index is 6.73. The van der Waals surface area contributed by atoms with Gasteiger partial charge in [0.25, 0.3) is 0 Å². The number of anilines is 1. The Balaban J connectivity index is 1.13. The van der Waals surface area contributed by atoms with Gasteiger partial charge in [-0.05, 0) is 74.5 Å². The van der Waals surface area contributed by atoms with Crippen LogP contribution in [0.3, 0.4) is 0 Å². The van der Waals surface area contributed by atoms with Crippen molar-refractivity contribution < 1.29 is 0 Å². The first-order chi connectivity index (χ1) is 30.2. The molecule has 9 aromatic carbocycles. The Morgan fingerprint density at radius 1 is 0.393 bits per heavy atom. The van der Waals surface area contributed by atoms with Gasteiger partial charge < -0.3 is 10.3 Å². The molecule has 5 nitrogen and oxygen atoms in total. The molecule has 2 aromatic heterocycles. The number of hydrogen-bond acceptors (Lipinski definition) is 4. The molecule has 0 bridgehead atoms. The Hall–Kier alpha value is -8.15. The van der Waals surface area contributed by atoms with Gasteiger partial charge in [-0.2, -0.15) is 0 Å². The van der Waals surface area contributed by atoms with E-state index < -0.39 is 0 Å². The molecule has 0 radical (unpaired) electrons. The highest BCUT2D eigenvalue weighted by molar-refractivity contribution is 6.16. The summed E-state index contributed by atoms with van der Waals surface area (Å²) in [4.78, 5) is 15.7. The lowest BCUT2D eigenvalue weighted by Gasteiger charge is -2.18. The summed E-state index contributed by atoms with van der Waals surface area (Å²) in [5, 5.41) is 4.87. The number of hydrogen-bond donors (Lipinski definition) is 1. The topological polar surface area (TPSA) is 69.6 Å². The fraction of sp³-hybridized carbons (Fsp3) is 0.0179. The summed E-state index contributed by atoms with van der Waals surface area (Å²) in [6, 6.07) is 72.8. The molecule has 0 unspecified atom stereocenters. The molecule has 5 heteroatoms. The Bertz CT molecular complexity index is 3490. The first-order valence-electron chi connectivity index (χ1n) is 20.7. The lowest BCUT2D eigenvalue weighted by atomic mass is 9.86. The van der Waals surface area contributed by atoms with Crippen LogP contribution in [0.25, 0.3) is 94.7 Å². The summed E-state index contributed by atoms with van der Waals surface area (Å²) in [5.41, 5.74) is 21.8. The molecule has 0 aliphatic heterocycles. The smallest absolute Gasteiger partial charge is 0.166 e. The van der Waals surface area contributed by atoms with Crippen molar-refractivity contribution >= 4 is 38.3 Å². The maximum Gasteiger partial charge on any atom is 0.166 e. The molecular formula is C56H37N5. The van der Waals surface area contributed by atoms with Crippen LogP contribution in [0.4, 0.5) is 5.69 Å². The molecule has 0 amide bonds. The van der Waals surface area contributed by atoms with Gasteiger partial charge in [0.15, 0.2) is 17.5 Å². The third kappa shape index (κ3) is 5.66. The number of fused-ring (bicyclic) bond motifs is 8. The van der Waals surface area contributed by atoms with Crippen LogP contribution < -0.4 is 5.73 Å². The summed E-state index contributed by atoms with van der Waals surface area (Å²) in [6.45, 7) is 0. The van der Waals surface area contributed by atoms with E-state index in [2.05, 4.69) is 162 Å². The molecule has 1 aliphatic rings. The van der Waals surface area contributed by atoms with Crippen LogP contribution in [0.1, 0.15) is 22.6 Å². The van der Waals surface area contributed by atoms with Gasteiger partial charge in [-0.1, -0.05) is 176 Å². The molecular weight excluding hydrogens is 743 g/mol. The number of aromatic nitrogens is 4. The minimum atomic E-state index is 0.0604. The Morgan fingerprint density at radius 3 is 1.87 bits per heavy atom. The van der Waals surface area contributed by atoms with Gasteiger partial charge in [-0.3, -0.25) is 0 Å². The molecule has 12 rings (SSSR count). The summed E-state index contributed by atoms with van der Waals surface area (Å²) < 4.78 is 2.42. The van der Waals surface area contributed by atoms with Gasteiger partial charge in [0, 0.05) is 44.6 Å². The van der Waals surface area contributed by atoms with Crippen molar-refractivity contribution in [3.8, 4) is 62.1 Å². The number of rotatable bonds is 6. The summed E-state index contributed by atoms with van der Waals surface area (Å²) >= 11 is 0. The normalized spacial score (nSPS) is 13.1. The lowest BCUT2D eigenvalue weighted by Crippen LogP contribution is -2.05. The van der Waals surface area contributed by atoms with Crippen LogP contribution >= 0.6 is 0 Å². The van der Waals surface area contributed by atoms with Gasteiger partial charge in [0.05, 0.1) is 16.7 Å². The van der Waals surface area contributed by atoms with Crippen molar-refractivity contribution in [2.75, 3.05) is 5.73 Å². The standard InChI is InChI=1S/C56H37N5/c57-40-29-32-50(48(34-40)56-59-54(37-18-5-2-6-19-37)58-55(60-56)39-22-13-21-38(33-39)35-15-3-1-4-16-35)61-49-28-12-11-24-42(49)46-30-31-47-51(43-27-14-20-36-17-7-8-23-41(36)43)44-25-9-10-26-45(44)52(47)53(46)61/h1-34,51H,57H2/t51-/m1/s1. The third-order valence-corrected chi connectivity index (χ3v) is 12.3. The zero-order chi connectivity index (χ0) is 40.4. The predicted molar refractivity (Wildman–Crippen MR) is 251 cm³/mol. The van der Waals surface area contributed by atoms with Crippen molar-refractivity contribution in [3.63, 3.8) is 0 Å². The highest BCUT2D eigenvalue weighted by Gasteiger charge is 2.34. The fourth-order valence-corrected chi connectivity index (χ4v) is 9.57. The molecule has 0 spiro atoms. The van der Waals surface area contributed by atoms with Crippen LogP contribution in [-0.2, 0) is 0 Å². The van der Waals surface area contributed by atoms with E-state index in [9.17, 15) is 0 Å². The largest absolute Gasteiger partial charge is 0.399 e.